The second-order valence-electron chi connectivity index (χ2n) is 4.79. The SMILES string of the molecule is Cc1ccc(NC2CCCC2C(=O)O)c(C#N)c1. The number of nitrogens with zero attached hydrogens (tertiary/aromatic N) is 1. The first-order valence-electron chi connectivity index (χ1n) is 6.12. The van der Waals surface area contributed by atoms with E-state index in [0.29, 0.717) is 12.0 Å². The maximum atomic E-state index is 11.1. The quantitative estimate of drug-likeness (QED) is 0.857. The lowest BCUT2D eigenvalue weighted by molar-refractivity contribution is -0.141. The van der Waals surface area contributed by atoms with E-state index >= 15 is 0 Å². The van der Waals surface area contributed by atoms with Crippen molar-refractivity contribution in [1.29, 1.82) is 5.26 Å². The molecule has 1 fully saturated rings. The molecule has 0 amide bonds. The van der Waals surface area contributed by atoms with Crippen molar-refractivity contribution in [3.8, 4) is 6.07 Å². The highest BCUT2D eigenvalue weighted by molar-refractivity contribution is 5.72. The molecule has 94 valence electrons. The third-order valence-electron chi connectivity index (χ3n) is 3.47. The Kier molecular flexibility index (Phi) is 3.52. The van der Waals surface area contributed by atoms with Crippen LogP contribution in [0.25, 0.3) is 0 Å². The van der Waals surface area contributed by atoms with E-state index in [0.717, 1.165) is 24.1 Å². The highest BCUT2D eigenvalue weighted by Crippen LogP contribution is 2.30. The lowest BCUT2D eigenvalue weighted by Crippen LogP contribution is -2.30. The van der Waals surface area contributed by atoms with Gasteiger partial charge in [-0.05, 0) is 37.5 Å². The Bertz CT molecular complexity index is 505. The van der Waals surface area contributed by atoms with E-state index in [2.05, 4.69) is 11.4 Å². The predicted octanol–water partition coefficient (Wildman–Crippen LogP) is 2.53. The molecule has 0 spiro atoms. The zero-order chi connectivity index (χ0) is 13.1. The number of aliphatic carboxylic acids is 1. The van der Waals surface area contributed by atoms with Crippen molar-refractivity contribution >= 4 is 11.7 Å². The summed E-state index contributed by atoms with van der Waals surface area (Å²) in [4.78, 5) is 11.1. The number of nitrogens with one attached hydrogen (secondary N) is 1. The standard InChI is InChI=1S/C14H16N2O2/c1-9-5-6-12(10(7-9)8-15)16-13-4-2-3-11(13)14(17)18/h5-7,11,13,16H,2-4H2,1H3,(H,17,18). The monoisotopic (exact) mass is 244 g/mol. The number of benzene rings is 1. The van der Waals surface area contributed by atoms with E-state index in [1.165, 1.54) is 0 Å². The Morgan fingerprint density at radius 3 is 2.94 bits per heavy atom. The molecule has 4 heteroatoms. The van der Waals surface area contributed by atoms with Crippen molar-refractivity contribution in [2.24, 2.45) is 5.92 Å². The number of rotatable bonds is 3. The largest absolute Gasteiger partial charge is 0.481 e. The first-order valence-corrected chi connectivity index (χ1v) is 6.12. The molecule has 1 aromatic rings. The molecule has 0 aliphatic heterocycles. The number of hydrogen-bond donors (Lipinski definition) is 2. The van der Waals surface area contributed by atoms with Crippen molar-refractivity contribution in [3.05, 3.63) is 29.3 Å². The van der Waals surface area contributed by atoms with Crippen LogP contribution in [0.1, 0.15) is 30.4 Å². The Hall–Kier alpha value is -2.02. The molecule has 1 aliphatic carbocycles. The number of carbonyl (C=O) groups is 1. The fraction of sp³-hybridized carbons (Fsp3) is 0.429. The molecular weight excluding hydrogens is 228 g/mol. The smallest absolute Gasteiger partial charge is 0.308 e. The minimum absolute atomic E-state index is 0.0719. The van der Waals surface area contributed by atoms with Crippen molar-refractivity contribution in [1.82, 2.24) is 0 Å². The average Bonchev–Trinajstić information content (AvgIpc) is 2.79. The van der Waals surface area contributed by atoms with Gasteiger partial charge in [0.15, 0.2) is 0 Å². The van der Waals surface area contributed by atoms with Crippen molar-refractivity contribution in [2.45, 2.75) is 32.2 Å². The van der Waals surface area contributed by atoms with Crippen LogP contribution < -0.4 is 5.32 Å². The Morgan fingerprint density at radius 1 is 1.50 bits per heavy atom. The molecule has 1 aromatic carbocycles. The van der Waals surface area contributed by atoms with E-state index in [1.807, 2.05) is 25.1 Å². The molecule has 1 aliphatic rings. The molecule has 0 aromatic heterocycles. The Labute approximate surface area is 106 Å². The van der Waals surface area contributed by atoms with E-state index in [4.69, 9.17) is 10.4 Å². The van der Waals surface area contributed by atoms with Gasteiger partial charge in [0.2, 0.25) is 0 Å². The number of nitriles is 1. The van der Waals surface area contributed by atoms with Crippen LogP contribution in [0.2, 0.25) is 0 Å². The predicted molar refractivity (Wildman–Crippen MR) is 68.3 cm³/mol. The number of carboxylic acid groups (broad SMARTS) is 1. The fourth-order valence-electron chi connectivity index (χ4n) is 2.50. The summed E-state index contributed by atoms with van der Waals surface area (Å²) in [5.41, 5.74) is 2.34. The van der Waals surface area contributed by atoms with Gasteiger partial charge in [0.05, 0.1) is 17.2 Å². The van der Waals surface area contributed by atoms with Crippen LogP contribution in [0.3, 0.4) is 0 Å². The molecule has 0 radical (unpaired) electrons. The second-order valence-corrected chi connectivity index (χ2v) is 4.79. The minimum Gasteiger partial charge on any atom is -0.481 e. The summed E-state index contributed by atoms with van der Waals surface area (Å²) < 4.78 is 0. The van der Waals surface area contributed by atoms with E-state index < -0.39 is 5.97 Å². The van der Waals surface area contributed by atoms with Crippen molar-refractivity contribution < 1.29 is 9.90 Å². The third kappa shape index (κ3) is 2.45. The lowest BCUT2D eigenvalue weighted by Gasteiger charge is -2.19. The molecule has 2 N–H and O–H groups in total. The zero-order valence-electron chi connectivity index (χ0n) is 10.3. The zero-order valence-corrected chi connectivity index (χ0v) is 10.3. The number of anilines is 1. The maximum Gasteiger partial charge on any atom is 0.308 e. The van der Waals surface area contributed by atoms with Gasteiger partial charge in [0.1, 0.15) is 6.07 Å². The van der Waals surface area contributed by atoms with Gasteiger partial charge in [-0.25, -0.2) is 0 Å². The van der Waals surface area contributed by atoms with Gasteiger partial charge in [-0.3, -0.25) is 4.79 Å². The summed E-state index contributed by atoms with van der Waals surface area (Å²) in [5, 5.41) is 21.4. The molecule has 0 heterocycles. The van der Waals surface area contributed by atoms with E-state index in [1.54, 1.807) is 0 Å². The van der Waals surface area contributed by atoms with Crippen LogP contribution in [-0.2, 0) is 4.79 Å². The third-order valence-corrected chi connectivity index (χ3v) is 3.47. The highest BCUT2D eigenvalue weighted by Gasteiger charge is 2.33. The van der Waals surface area contributed by atoms with Gasteiger partial charge in [-0.1, -0.05) is 12.5 Å². The van der Waals surface area contributed by atoms with Gasteiger partial charge in [0.25, 0.3) is 0 Å². The van der Waals surface area contributed by atoms with E-state index in [-0.39, 0.29) is 12.0 Å². The molecule has 4 nitrogen and oxygen atoms in total. The van der Waals surface area contributed by atoms with Gasteiger partial charge in [0, 0.05) is 6.04 Å². The van der Waals surface area contributed by atoms with Gasteiger partial charge >= 0.3 is 5.97 Å². The topological polar surface area (TPSA) is 73.1 Å². The first kappa shape index (κ1) is 12.4. The van der Waals surface area contributed by atoms with Gasteiger partial charge < -0.3 is 10.4 Å². The summed E-state index contributed by atoms with van der Waals surface area (Å²) in [5.74, 6) is -1.10. The Morgan fingerprint density at radius 2 is 2.28 bits per heavy atom. The normalized spacial score (nSPS) is 22.4. The summed E-state index contributed by atoms with van der Waals surface area (Å²) in [7, 11) is 0. The summed E-state index contributed by atoms with van der Waals surface area (Å²) in [6.07, 6.45) is 2.47. The molecule has 2 rings (SSSR count). The van der Waals surface area contributed by atoms with Crippen LogP contribution in [0.15, 0.2) is 18.2 Å². The van der Waals surface area contributed by atoms with Crippen molar-refractivity contribution in [2.75, 3.05) is 5.32 Å². The molecule has 18 heavy (non-hydrogen) atoms. The van der Waals surface area contributed by atoms with Crippen LogP contribution in [0, 0.1) is 24.2 Å². The molecule has 1 saturated carbocycles. The maximum absolute atomic E-state index is 11.1. The van der Waals surface area contributed by atoms with Gasteiger partial charge in [-0.15, -0.1) is 0 Å². The first-order chi connectivity index (χ1) is 8.61. The molecule has 0 saturated heterocycles. The minimum atomic E-state index is -0.754. The number of hydrogen-bond acceptors (Lipinski definition) is 3. The molecule has 2 unspecified atom stereocenters. The van der Waals surface area contributed by atoms with Crippen molar-refractivity contribution in [3.63, 3.8) is 0 Å². The van der Waals surface area contributed by atoms with Crippen LogP contribution >= 0.6 is 0 Å². The lowest BCUT2D eigenvalue weighted by atomic mass is 10.0. The molecule has 0 bridgehead atoms. The Balaban J connectivity index is 2.19. The van der Waals surface area contributed by atoms with Crippen LogP contribution in [-0.4, -0.2) is 17.1 Å². The fourth-order valence-corrected chi connectivity index (χ4v) is 2.50. The summed E-state index contributed by atoms with van der Waals surface area (Å²) >= 11 is 0. The highest BCUT2D eigenvalue weighted by atomic mass is 16.4. The average molecular weight is 244 g/mol. The number of aryl methyl sites for hydroxylation is 1. The van der Waals surface area contributed by atoms with Crippen LogP contribution in [0.5, 0.6) is 0 Å². The van der Waals surface area contributed by atoms with Gasteiger partial charge in [-0.2, -0.15) is 5.26 Å². The molecular formula is C14H16N2O2. The van der Waals surface area contributed by atoms with E-state index in [9.17, 15) is 4.79 Å². The number of carboxylic acids is 1. The van der Waals surface area contributed by atoms with Crippen LogP contribution in [0.4, 0.5) is 5.69 Å². The summed E-state index contributed by atoms with van der Waals surface area (Å²) in [6.45, 7) is 1.93. The second kappa shape index (κ2) is 5.09. The molecule has 2 atom stereocenters. The summed E-state index contributed by atoms with van der Waals surface area (Å²) in [6, 6.07) is 7.66.